The molecule has 7 nitrogen and oxygen atoms in total. The van der Waals surface area contributed by atoms with E-state index in [1.54, 1.807) is 35.2 Å². The number of ether oxygens (including phenoxy) is 2. The molecule has 0 saturated carbocycles. The zero-order chi connectivity index (χ0) is 23.6. The fourth-order valence-electron chi connectivity index (χ4n) is 3.32. The van der Waals surface area contributed by atoms with E-state index in [1.807, 2.05) is 30.3 Å². The Labute approximate surface area is 196 Å². The molecule has 0 radical (unpaired) electrons. The summed E-state index contributed by atoms with van der Waals surface area (Å²) >= 11 is 1.26. The fourth-order valence-corrected chi connectivity index (χ4v) is 5.04. The van der Waals surface area contributed by atoms with Gasteiger partial charge >= 0.3 is 0 Å². The molecule has 1 heterocycles. The molecule has 0 saturated heterocycles. The second-order valence-corrected chi connectivity index (χ2v) is 10.4. The van der Waals surface area contributed by atoms with Gasteiger partial charge in [0.1, 0.15) is 11.5 Å². The van der Waals surface area contributed by atoms with Crippen molar-refractivity contribution in [1.82, 2.24) is 4.98 Å². The lowest BCUT2D eigenvalue weighted by Gasteiger charge is -2.21. The van der Waals surface area contributed by atoms with Gasteiger partial charge in [0, 0.05) is 17.9 Å². The Bertz CT molecular complexity index is 1390. The molecule has 0 atom stereocenters. The summed E-state index contributed by atoms with van der Waals surface area (Å²) in [6.45, 7) is 0.290. The van der Waals surface area contributed by atoms with Crippen molar-refractivity contribution in [2.24, 2.45) is 0 Å². The van der Waals surface area contributed by atoms with Crippen molar-refractivity contribution in [3.63, 3.8) is 0 Å². The first kappa shape index (κ1) is 22.8. The number of hydrogen-bond donors (Lipinski definition) is 0. The molecule has 0 aliphatic carbocycles. The Morgan fingerprint density at radius 2 is 1.64 bits per heavy atom. The maximum atomic E-state index is 13.7. The molecular formula is C24H22N2O5S2. The van der Waals surface area contributed by atoms with Crippen molar-refractivity contribution in [1.29, 1.82) is 0 Å². The quantitative estimate of drug-likeness (QED) is 0.384. The summed E-state index contributed by atoms with van der Waals surface area (Å²) < 4.78 is 35.3. The van der Waals surface area contributed by atoms with Crippen molar-refractivity contribution in [2.75, 3.05) is 25.4 Å². The lowest BCUT2D eigenvalue weighted by molar-refractivity contribution is 0.0984. The minimum absolute atomic E-state index is 0.212. The Morgan fingerprint density at radius 3 is 2.24 bits per heavy atom. The smallest absolute Gasteiger partial charge is 0.260 e. The number of rotatable bonds is 7. The van der Waals surface area contributed by atoms with Crippen molar-refractivity contribution in [2.45, 2.75) is 11.4 Å². The van der Waals surface area contributed by atoms with E-state index in [4.69, 9.17) is 9.47 Å². The molecule has 0 N–H and O–H groups in total. The lowest BCUT2D eigenvalue weighted by Crippen LogP contribution is -2.30. The molecule has 0 fully saturated rings. The van der Waals surface area contributed by atoms with Crippen LogP contribution in [0.3, 0.4) is 0 Å². The standard InChI is InChI=1S/C24H22N2O5S2/c1-30-18-11-17(12-19(13-18)31-2)23(27)26(15-16-7-5-4-6-8-16)24-25-21-10-9-20(33(3,28)29)14-22(21)32-24/h4-14H,15H2,1-3H3. The summed E-state index contributed by atoms with van der Waals surface area (Å²) in [5.41, 5.74) is 1.94. The molecule has 0 bridgehead atoms. The molecule has 4 aromatic rings. The van der Waals surface area contributed by atoms with Crippen LogP contribution >= 0.6 is 11.3 Å². The number of fused-ring (bicyclic) bond motifs is 1. The van der Waals surface area contributed by atoms with Gasteiger partial charge in [-0.1, -0.05) is 41.7 Å². The average molecular weight is 483 g/mol. The summed E-state index contributed by atoms with van der Waals surface area (Å²) in [5.74, 6) is 0.720. The monoisotopic (exact) mass is 482 g/mol. The van der Waals surface area contributed by atoms with Crippen molar-refractivity contribution >= 4 is 42.4 Å². The van der Waals surface area contributed by atoms with Crippen LogP contribution in [0.4, 0.5) is 5.13 Å². The summed E-state index contributed by atoms with van der Waals surface area (Å²) in [6.07, 6.45) is 1.16. The minimum Gasteiger partial charge on any atom is -0.497 e. The maximum absolute atomic E-state index is 13.7. The Kier molecular flexibility index (Phi) is 6.35. The molecule has 4 rings (SSSR count). The van der Waals surface area contributed by atoms with E-state index in [1.165, 1.54) is 31.6 Å². The van der Waals surface area contributed by atoms with Crippen molar-refractivity contribution in [3.8, 4) is 11.5 Å². The molecular weight excluding hydrogens is 460 g/mol. The molecule has 9 heteroatoms. The predicted octanol–water partition coefficient (Wildman–Crippen LogP) is 4.56. The fraction of sp³-hybridized carbons (Fsp3) is 0.167. The van der Waals surface area contributed by atoms with E-state index in [-0.39, 0.29) is 17.3 Å². The van der Waals surface area contributed by atoms with Crippen molar-refractivity contribution in [3.05, 3.63) is 77.9 Å². The molecule has 1 amide bonds. The van der Waals surface area contributed by atoms with E-state index in [0.29, 0.717) is 32.4 Å². The van der Waals surface area contributed by atoms with Crippen LogP contribution in [0, 0.1) is 0 Å². The SMILES string of the molecule is COc1cc(OC)cc(C(=O)N(Cc2ccccc2)c2nc3ccc(S(C)(=O)=O)cc3s2)c1. The van der Waals surface area contributed by atoms with Crippen molar-refractivity contribution < 1.29 is 22.7 Å². The Hall–Kier alpha value is -3.43. The van der Waals surface area contributed by atoms with Crippen LogP contribution in [0.1, 0.15) is 15.9 Å². The molecule has 3 aromatic carbocycles. The van der Waals surface area contributed by atoms with E-state index in [0.717, 1.165) is 11.8 Å². The first-order valence-electron chi connectivity index (χ1n) is 9.98. The largest absolute Gasteiger partial charge is 0.497 e. The van der Waals surface area contributed by atoms with Crippen LogP contribution in [0.2, 0.25) is 0 Å². The van der Waals surface area contributed by atoms with Crippen LogP contribution in [0.15, 0.2) is 71.6 Å². The van der Waals surface area contributed by atoms with Crippen LogP contribution in [-0.2, 0) is 16.4 Å². The van der Waals surface area contributed by atoms with Crippen LogP contribution in [0.25, 0.3) is 10.2 Å². The highest BCUT2D eigenvalue weighted by atomic mass is 32.2. The lowest BCUT2D eigenvalue weighted by atomic mass is 10.1. The highest BCUT2D eigenvalue weighted by molar-refractivity contribution is 7.90. The second-order valence-electron chi connectivity index (χ2n) is 7.38. The zero-order valence-corrected chi connectivity index (χ0v) is 19.9. The first-order valence-corrected chi connectivity index (χ1v) is 12.7. The summed E-state index contributed by atoms with van der Waals surface area (Å²) in [4.78, 5) is 20.1. The molecule has 0 aliphatic heterocycles. The van der Waals surface area contributed by atoms with Gasteiger partial charge in [0.15, 0.2) is 15.0 Å². The van der Waals surface area contributed by atoms with E-state index in [9.17, 15) is 13.2 Å². The Balaban J connectivity index is 1.81. The predicted molar refractivity (Wildman–Crippen MR) is 129 cm³/mol. The number of nitrogens with zero attached hydrogens (tertiary/aromatic N) is 2. The third-order valence-corrected chi connectivity index (χ3v) is 7.19. The molecule has 170 valence electrons. The number of anilines is 1. The zero-order valence-electron chi connectivity index (χ0n) is 18.3. The third-order valence-electron chi connectivity index (χ3n) is 5.03. The summed E-state index contributed by atoms with van der Waals surface area (Å²) in [6, 6.07) is 19.4. The number of carbonyl (C=O) groups excluding carboxylic acids is 1. The molecule has 1 aromatic heterocycles. The number of carbonyl (C=O) groups is 1. The van der Waals surface area contributed by atoms with Gasteiger partial charge in [-0.25, -0.2) is 13.4 Å². The van der Waals surface area contributed by atoms with Gasteiger partial charge in [-0.3, -0.25) is 9.69 Å². The van der Waals surface area contributed by atoms with Crippen LogP contribution in [-0.4, -0.2) is 39.8 Å². The number of amides is 1. The number of sulfone groups is 1. The van der Waals surface area contributed by atoms with Gasteiger partial charge in [0.2, 0.25) is 0 Å². The Morgan fingerprint density at radius 1 is 0.970 bits per heavy atom. The highest BCUT2D eigenvalue weighted by Crippen LogP contribution is 2.33. The van der Waals surface area contributed by atoms with E-state index >= 15 is 0 Å². The topological polar surface area (TPSA) is 85.8 Å². The minimum atomic E-state index is -3.36. The van der Waals surface area contributed by atoms with E-state index in [2.05, 4.69) is 4.98 Å². The van der Waals surface area contributed by atoms with Gasteiger partial charge in [-0.2, -0.15) is 0 Å². The van der Waals surface area contributed by atoms with Gasteiger partial charge < -0.3 is 9.47 Å². The van der Waals surface area contributed by atoms with E-state index < -0.39 is 9.84 Å². The average Bonchev–Trinajstić information content (AvgIpc) is 3.25. The second kappa shape index (κ2) is 9.21. The van der Waals surface area contributed by atoms with Gasteiger partial charge in [0.05, 0.1) is 35.9 Å². The normalized spacial score (nSPS) is 11.4. The number of benzene rings is 3. The molecule has 0 spiro atoms. The third kappa shape index (κ3) is 4.99. The summed E-state index contributed by atoms with van der Waals surface area (Å²) in [7, 11) is -0.307. The number of hydrogen-bond acceptors (Lipinski definition) is 7. The number of methoxy groups -OCH3 is 2. The van der Waals surface area contributed by atoms with Crippen LogP contribution in [0.5, 0.6) is 11.5 Å². The molecule has 0 unspecified atom stereocenters. The van der Waals surface area contributed by atoms with Gasteiger partial charge in [-0.15, -0.1) is 0 Å². The number of thiazole rings is 1. The van der Waals surface area contributed by atoms with Gasteiger partial charge in [-0.05, 0) is 35.9 Å². The van der Waals surface area contributed by atoms with Gasteiger partial charge in [0.25, 0.3) is 5.91 Å². The molecule has 33 heavy (non-hydrogen) atoms. The van der Waals surface area contributed by atoms with Crippen LogP contribution < -0.4 is 14.4 Å². The first-order chi connectivity index (χ1) is 15.8. The highest BCUT2D eigenvalue weighted by Gasteiger charge is 2.23. The summed E-state index contributed by atoms with van der Waals surface area (Å²) in [5, 5.41) is 0.464. The maximum Gasteiger partial charge on any atom is 0.260 e. The molecule has 0 aliphatic rings. The number of aromatic nitrogens is 1.